The predicted molar refractivity (Wildman–Crippen MR) is 88.8 cm³/mol. The lowest BCUT2D eigenvalue weighted by Crippen LogP contribution is -2.34. The summed E-state index contributed by atoms with van der Waals surface area (Å²) in [6, 6.07) is 3.44. The van der Waals surface area contributed by atoms with Crippen molar-refractivity contribution >= 4 is 34.3 Å². The normalized spacial score (nSPS) is 12.4. The molecule has 1 N–H and O–H groups in total. The van der Waals surface area contributed by atoms with Crippen molar-refractivity contribution < 1.29 is 9.72 Å². The lowest BCUT2D eigenvalue weighted by molar-refractivity contribution is -0.385. The van der Waals surface area contributed by atoms with Gasteiger partial charge in [0.25, 0.3) is 11.6 Å². The van der Waals surface area contributed by atoms with E-state index in [1.807, 2.05) is 30.4 Å². The van der Waals surface area contributed by atoms with Crippen molar-refractivity contribution in [3.05, 3.63) is 48.3 Å². The minimum Gasteiger partial charge on any atom is -0.349 e. The van der Waals surface area contributed by atoms with Gasteiger partial charge in [-0.2, -0.15) is 11.3 Å². The highest BCUT2D eigenvalue weighted by atomic mass is 32.1. The number of rotatable bonds is 6. The third-order valence-corrected chi connectivity index (χ3v) is 5.06. The van der Waals surface area contributed by atoms with E-state index >= 15 is 0 Å². The van der Waals surface area contributed by atoms with Gasteiger partial charge >= 0.3 is 0 Å². The molecule has 0 fully saturated rings. The molecule has 0 spiro atoms. The minimum absolute atomic E-state index is 0.00264. The van der Waals surface area contributed by atoms with Gasteiger partial charge < -0.3 is 10.2 Å². The zero-order chi connectivity index (χ0) is 16.3. The molecule has 0 aliphatic carbocycles. The van der Waals surface area contributed by atoms with E-state index in [2.05, 4.69) is 10.7 Å². The maximum Gasteiger partial charge on any atom is 0.283 e. The summed E-state index contributed by atoms with van der Waals surface area (Å²) in [5.74, 6) is -0.275. The summed E-state index contributed by atoms with van der Waals surface area (Å²) in [7, 11) is 3.91. The van der Waals surface area contributed by atoms with Crippen molar-refractivity contribution in [1.29, 1.82) is 0 Å². The molecule has 0 bridgehead atoms. The fraction of sp³-hybridized carbons (Fsp3) is 0.357. The molecule has 118 valence electrons. The third kappa shape index (κ3) is 3.70. The largest absolute Gasteiger partial charge is 0.349 e. The van der Waals surface area contributed by atoms with Crippen LogP contribution in [0.1, 0.15) is 26.2 Å². The first-order chi connectivity index (χ1) is 10.4. The maximum absolute atomic E-state index is 12.2. The highest BCUT2D eigenvalue weighted by molar-refractivity contribution is 7.14. The molecular formula is C14H17N3O3S2. The number of likely N-dealkylation sites (N-methyl/N-ethyl adjacent to an activating group) is 1. The van der Waals surface area contributed by atoms with Crippen LogP contribution in [-0.2, 0) is 0 Å². The van der Waals surface area contributed by atoms with Crippen LogP contribution in [0.5, 0.6) is 0 Å². The second kappa shape index (κ2) is 6.99. The molecule has 1 amide bonds. The van der Waals surface area contributed by atoms with Crippen molar-refractivity contribution in [2.45, 2.75) is 13.0 Å². The summed E-state index contributed by atoms with van der Waals surface area (Å²) in [5.41, 5.74) is 1.14. The average Bonchev–Trinajstić information content (AvgIpc) is 3.07. The van der Waals surface area contributed by atoms with Crippen LogP contribution in [0, 0.1) is 17.0 Å². The van der Waals surface area contributed by atoms with E-state index in [1.54, 1.807) is 18.3 Å². The summed E-state index contributed by atoms with van der Waals surface area (Å²) >= 11 is 2.76. The molecular weight excluding hydrogens is 322 g/mol. The van der Waals surface area contributed by atoms with E-state index in [-0.39, 0.29) is 17.6 Å². The number of nitrogens with zero attached hydrogens (tertiary/aromatic N) is 2. The quantitative estimate of drug-likeness (QED) is 0.648. The van der Waals surface area contributed by atoms with E-state index in [1.165, 1.54) is 6.07 Å². The van der Waals surface area contributed by atoms with Crippen LogP contribution in [0.2, 0.25) is 0 Å². The number of carbonyl (C=O) groups is 1. The summed E-state index contributed by atoms with van der Waals surface area (Å²) in [6.45, 7) is 2.10. The summed E-state index contributed by atoms with van der Waals surface area (Å²) in [6.07, 6.45) is 0. The molecule has 2 heterocycles. The summed E-state index contributed by atoms with van der Waals surface area (Å²) in [5, 5.41) is 17.8. The smallest absolute Gasteiger partial charge is 0.283 e. The highest BCUT2D eigenvalue weighted by Crippen LogP contribution is 2.28. The molecule has 0 saturated heterocycles. The van der Waals surface area contributed by atoms with Crippen LogP contribution >= 0.6 is 22.7 Å². The van der Waals surface area contributed by atoms with Crippen molar-refractivity contribution in [1.82, 2.24) is 10.2 Å². The van der Waals surface area contributed by atoms with Gasteiger partial charge in [-0.15, -0.1) is 11.3 Å². The monoisotopic (exact) mass is 339 g/mol. The Balaban J connectivity index is 2.05. The highest BCUT2D eigenvalue weighted by Gasteiger charge is 2.21. The Labute approximate surface area is 136 Å². The van der Waals surface area contributed by atoms with E-state index in [9.17, 15) is 14.9 Å². The van der Waals surface area contributed by atoms with Crippen molar-refractivity contribution in [3.8, 4) is 0 Å². The fourth-order valence-corrected chi connectivity index (χ4v) is 3.72. The van der Waals surface area contributed by atoms with Gasteiger partial charge in [-0.05, 0) is 43.4 Å². The number of hydrogen-bond acceptors (Lipinski definition) is 6. The Morgan fingerprint density at radius 3 is 2.73 bits per heavy atom. The van der Waals surface area contributed by atoms with Crippen molar-refractivity contribution in [2.24, 2.45) is 0 Å². The van der Waals surface area contributed by atoms with Gasteiger partial charge in [0.05, 0.1) is 20.7 Å². The molecule has 1 unspecified atom stereocenters. The van der Waals surface area contributed by atoms with Gasteiger partial charge in [-0.25, -0.2) is 0 Å². The van der Waals surface area contributed by atoms with Crippen molar-refractivity contribution in [3.63, 3.8) is 0 Å². The number of nitro groups is 1. The molecule has 2 rings (SSSR count). The first kappa shape index (κ1) is 16.6. The molecule has 8 heteroatoms. The molecule has 2 aromatic rings. The van der Waals surface area contributed by atoms with E-state index in [0.29, 0.717) is 16.3 Å². The number of aryl methyl sites for hydroxylation is 1. The van der Waals surface area contributed by atoms with Crippen molar-refractivity contribution in [2.75, 3.05) is 20.6 Å². The van der Waals surface area contributed by atoms with Crippen LogP contribution in [-0.4, -0.2) is 36.4 Å². The standard InChI is InChI=1S/C14H17N3O3S2/c1-9-11(17(19)20)6-13(22-9)14(18)15-7-12(16(2)3)10-4-5-21-8-10/h4-6,8,12H,7H2,1-3H3,(H,15,18). The van der Waals surface area contributed by atoms with Gasteiger partial charge in [-0.3, -0.25) is 14.9 Å². The van der Waals surface area contributed by atoms with Gasteiger partial charge in [0.2, 0.25) is 0 Å². The molecule has 0 aliphatic heterocycles. The number of nitrogens with one attached hydrogen (secondary N) is 1. The first-order valence-electron chi connectivity index (χ1n) is 6.61. The second-order valence-corrected chi connectivity index (χ2v) is 7.09. The minimum atomic E-state index is -0.462. The summed E-state index contributed by atoms with van der Waals surface area (Å²) in [4.78, 5) is 25.5. The van der Waals surface area contributed by atoms with E-state index in [4.69, 9.17) is 0 Å². The van der Waals surface area contributed by atoms with Crippen LogP contribution in [0.3, 0.4) is 0 Å². The molecule has 1 atom stereocenters. The van der Waals surface area contributed by atoms with Crippen LogP contribution in [0.4, 0.5) is 5.69 Å². The molecule has 2 aromatic heterocycles. The van der Waals surface area contributed by atoms with E-state index < -0.39 is 4.92 Å². The molecule has 0 aromatic carbocycles. The number of amides is 1. The lowest BCUT2D eigenvalue weighted by Gasteiger charge is -2.23. The molecule has 0 aliphatic rings. The van der Waals surface area contributed by atoms with Crippen LogP contribution in [0.25, 0.3) is 0 Å². The Morgan fingerprint density at radius 1 is 1.50 bits per heavy atom. The fourth-order valence-electron chi connectivity index (χ4n) is 2.11. The SMILES string of the molecule is Cc1sc(C(=O)NCC(c2ccsc2)N(C)C)cc1[N+](=O)[O-]. The average molecular weight is 339 g/mol. The molecule has 22 heavy (non-hydrogen) atoms. The zero-order valence-electron chi connectivity index (χ0n) is 12.5. The van der Waals surface area contributed by atoms with Crippen LogP contribution in [0.15, 0.2) is 22.9 Å². The third-order valence-electron chi connectivity index (χ3n) is 3.32. The number of carbonyl (C=O) groups excluding carboxylic acids is 1. The predicted octanol–water partition coefficient (Wildman–Crippen LogP) is 3.06. The Hall–Kier alpha value is -1.77. The Bertz CT molecular complexity index is 665. The van der Waals surface area contributed by atoms with E-state index in [0.717, 1.165) is 16.9 Å². The first-order valence-corrected chi connectivity index (χ1v) is 8.37. The Kier molecular flexibility index (Phi) is 5.28. The second-order valence-electron chi connectivity index (χ2n) is 5.06. The maximum atomic E-state index is 12.2. The van der Waals surface area contributed by atoms with Gasteiger partial charge in [-0.1, -0.05) is 0 Å². The zero-order valence-corrected chi connectivity index (χ0v) is 14.2. The summed E-state index contributed by atoms with van der Waals surface area (Å²) < 4.78 is 0. The van der Waals surface area contributed by atoms with Gasteiger partial charge in [0.1, 0.15) is 0 Å². The molecule has 6 nitrogen and oxygen atoms in total. The topological polar surface area (TPSA) is 75.5 Å². The number of thiophene rings is 2. The lowest BCUT2D eigenvalue weighted by atomic mass is 10.1. The van der Waals surface area contributed by atoms with Gasteiger partial charge in [0.15, 0.2) is 0 Å². The van der Waals surface area contributed by atoms with Gasteiger partial charge in [0, 0.05) is 12.6 Å². The molecule has 0 radical (unpaired) electrons. The number of hydrogen-bond donors (Lipinski definition) is 1. The van der Waals surface area contributed by atoms with Crippen LogP contribution < -0.4 is 5.32 Å². The molecule has 0 saturated carbocycles. The Morgan fingerprint density at radius 2 is 2.23 bits per heavy atom.